The second kappa shape index (κ2) is 7.23. The normalized spacial score (nSPS) is 19.0. The number of alkyl halides is 5. The van der Waals surface area contributed by atoms with E-state index in [1.54, 1.807) is 31.4 Å². The van der Waals surface area contributed by atoms with Gasteiger partial charge in [-0.05, 0) is 25.2 Å². The molecule has 0 radical (unpaired) electrons. The number of halogens is 5. The van der Waals surface area contributed by atoms with E-state index in [0.29, 0.717) is 22.3 Å². The van der Waals surface area contributed by atoms with Crippen LogP contribution >= 0.6 is 0 Å². The van der Waals surface area contributed by atoms with Crippen LogP contribution < -0.4 is 11.1 Å². The molecule has 9 nitrogen and oxygen atoms in total. The Morgan fingerprint density at radius 3 is 2.70 bits per heavy atom. The molecule has 0 unspecified atom stereocenters. The summed E-state index contributed by atoms with van der Waals surface area (Å²) in [7, 11) is 1.59. The van der Waals surface area contributed by atoms with Gasteiger partial charge in [-0.1, -0.05) is 0 Å². The van der Waals surface area contributed by atoms with Gasteiger partial charge in [0.2, 0.25) is 5.95 Å². The average molecular weight is 467 g/mol. The molecule has 3 N–H and O–H groups in total. The molecule has 1 aliphatic rings. The summed E-state index contributed by atoms with van der Waals surface area (Å²) in [6.45, 7) is -1.49. The zero-order valence-corrected chi connectivity index (χ0v) is 17.2. The fourth-order valence-corrected chi connectivity index (χ4v) is 4.01. The molecule has 0 aliphatic carbocycles. The van der Waals surface area contributed by atoms with Crippen molar-refractivity contribution in [2.45, 2.75) is 24.7 Å². The molecule has 5 heterocycles. The lowest BCUT2D eigenvalue weighted by atomic mass is 10.2. The van der Waals surface area contributed by atoms with E-state index in [1.807, 2.05) is 0 Å². The fraction of sp³-hybridized carbons (Fsp3) is 0.368. The maximum Gasteiger partial charge on any atom is 0.406 e. The topological polar surface area (TPSA) is 102 Å². The number of nitrogens with one attached hydrogen (secondary N) is 1. The Morgan fingerprint density at radius 2 is 2.00 bits per heavy atom. The summed E-state index contributed by atoms with van der Waals surface area (Å²) in [5.74, 6) is -3.01. The summed E-state index contributed by atoms with van der Waals surface area (Å²) in [5, 5.41) is 6.87. The number of pyridine rings is 1. The summed E-state index contributed by atoms with van der Waals surface area (Å²) >= 11 is 0. The van der Waals surface area contributed by atoms with E-state index in [0.717, 1.165) is 10.9 Å². The molecule has 5 rings (SSSR count). The highest BCUT2D eigenvalue weighted by atomic mass is 19.4. The Kier molecular flexibility index (Phi) is 4.67. The van der Waals surface area contributed by atoms with Gasteiger partial charge in [0, 0.05) is 18.3 Å². The molecule has 0 spiro atoms. The van der Waals surface area contributed by atoms with Crippen LogP contribution in [0, 0.1) is 0 Å². The maximum atomic E-state index is 14.1. The van der Waals surface area contributed by atoms with Crippen LogP contribution in [0.1, 0.15) is 0 Å². The van der Waals surface area contributed by atoms with E-state index in [2.05, 4.69) is 25.4 Å². The van der Waals surface area contributed by atoms with Crippen molar-refractivity contribution < 1.29 is 22.0 Å². The summed E-state index contributed by atoms with van der Waals surface area (Å²) in [5.41, 5.74) is 7.66. The summed E-state index contributed by atoms with van der Waals surface area (Å²) < 4.78 is 69.2. The van der Waals surface area contributed by atoms with Crippen LogP contribution in [0.15, 0.2) is 30.7 Å². The van der Waals surface area contributed by atoms with E-state index in [4.69, 9.17) is 5.73 Å². The predicted molar refractivity (Wildman–Crippen MR) is 110 cm³/mol. The highest BCUT2D eigenvalue weighted by molar-refractivity contribution is 5.88. The number of anilines is 2. The van der Waals surface area contributed by atoms with E-state index >= 15 is 0 Å². The average Bonchev–Trinajstić information content (AvgIpc) is 3.36. The number of imidazole rings is 1. The Morgan fingerprint density at radius 1 is 1.21 bits per heavy atom. The number of nitrogen functional groups attached to an aromatic ring is 1. The number of nitrogens with zero attached hydrogens (tertiary/aromatic N) is 7. The summed E-state index contributed by atoms with van der Waals surface area (Å²) in [6.07, 6.45) is -1.80. The van der Waals surface area contributed by atoms with Crippen LogP contribution in [0.2, 0.25) is 0 Å². The third kappa shape index (κ3) is 3.90. The molecule has 0 aromatic carbocycles. The monoisotopic (exact) mass is 467 g/mol. The Hall–Kier alpha value is -3.55. The zero-order chi connectivity index (χ0) is 23.5. The number of aromatic nitrogens is 6. The minimum absolute atomic E-state index is 0.00728. The number of hydrogen-bond donors (Lipinski definition) is 2. The van der Waals surface area contributed by atoms with Crippen molar-refractivity contribution >= 4 is 28.4 Å². The molecule has 4 aromatic rings. The molecule has 4 aromatic heterocycles. The second-order valence-corrected chi connectivity index (χ2v) is 8.02. The van der Waals surface area contributed by atoms with Crippen LogP contribution in [0.5, 0.6) is 0 Å². The van der Waals surface area contributed by atoms with Crippen LogP contribution in [0.4, 0.5) is 33.7 Å². The molecule has 1 fully saturated rings. The van der Waals surface area contributed by atoms with Gasteiger partial charge in [0.1, 0.15) is 23.6 Å². The Balaban J connectivity index is 1.51. The third-order valence-electron chi connectivity index (χ3n) is 5.41. The molecular formula is C19H18F5N9. The van der Waals surface area contributed by atoms with Gasteiger partial charge in [0.15, 0.2) is 11.5 Å². The Labute approximate surface area is 183 Å². The van der Waals surface area contributed by atoms with Crippen molar-refractivity contribution in [3.63, 3.8) is 0 Å². The van der Waals surface area contributed by atoms with Crippen LogP contribution in [-0.4, -0.2) is 72.3 Å². The lowest BCUT2D eigenvalue weighted by Gasteiger charge is -2.19. The third-order valence-corrected chi connectivity index (χ3v) is 5.41. The molecule has 33 heavy (non-hydrogen) atoms. The molecule has 1 atom stereocenters. The second-order valence-electron chi connectivity index (χ2n) is 8.02. The minimum atomic E-state index is -4.43. The van der Waals surface area contributed by atoms with Crippen molar-refractivity contribution in [2.24, 2.45) is 0 Å². The standard InChI is InChI=1S/C19H18F5N9/c1-31-6-13(18(20,21)7-31)28-17-29-15(25)14-10(4-5-33(14)30-17)11-2-3-12-16(27-11)32(9-26-12)8-19(22,23)24/h2-5,9,13H,6-8H2,1H3,(H3,25,28,29,30)/t13-/m1/s1. The molecule has 0 amide bonds. The van der Waals surface area contributed by atoms with Gasteiger partial charge in [-0.25, -0.2) is 23.3 Å². The number of nitrogens with two attached hydrogens (primary N) is 1. The van der Waals surface area contributed by atoms with Gasteiger partial charge in [-0.15, -0.1) is 5.10 Å². The first kappa shape index (κ1) is 21.3. The predicted octanol–water partition coefficient (Wildman–Crippen LogP) is 2.65. The van der Waals surface area contributed by atoms with Gasteiger partial charge in [0.05, 0.1) is 18.6 Å². The van der Waals surface area contributed by atoms with Crippen molar-refractivity contribution in [3.05, 3.63) is 30.7 Å². The molecule has 0 bridgehead atoms. The van der Waals surface area contributed by atoms with Crippen LogP contribution in [0.3, 0.4) is 0 Å². The van der Waals surface area contributed by atoms with E-state index in [-0.39, 0.29) is 30.5 Å². The van der Waals surface area contributed by atoms with Gasteiger partial charge >= 0.3 is 6.18 Å². The smallest absolute Gasteiger partial charge is 0.382 e. The molecule has 174 valence electrons. The van der Waals surface area contributed by atoms with Crippen molar-refractivity contribution in [1.82, 2.24) is 34.0 Å². The summed E-state index contributed by atoms with van der Waals surface area (Å²) in [6, 6.07) is 3.61. The number of hydrogen-bond acceptors (Lipinski definition) is 7. The van der Waals surface area contributed by atoms with Crippen molar-refractivity contribution in [2.75, 3.05) is 31.2 Å². The quantitative estimate of drug-likeness (QED) is 0.445. The van der Waals surface area contributed by atoms with Crippen LogP contribution in [-0.2, 0) is 6.54 Å². The van der Waals surface area contributed by atoms with Crippen molar-refractivity contribution in [1.29, 1.82) is 0 Å². The number of rotatable bonds is 4. The number of likely N-dealkylation sites (N-methyl/N-ethyl adjacent to an activating group) is 1. The lowest BCUT2D eigenvalue weighted by molar-refractivity contribution is -0.140. The van der Waals surface area contributed by atoms with E-state index in [9.17, 15) is 22.0 Å². The maximum absolute atomic E-state index is 14.1. The number of fused-ring (bicyclic) bond motifs is 2. The molecular weight excluding hydrogens is 449 g/mol. The highest BCUT2D eigenvalue weighted by Crippen LogP contribution is 2.31. The van der Waals surface area contributed by atoms with E-state index < -0.39 is 24.7 Å². The fourth-order valence-electron chi connectivity index (χ4n) is 4.01. The molecule has 1 saturated heterocycles. The Bertz CT molecular complexity index is 1340. The summed E-state index contributed by atoms with van der Waals surface area (Å²) in [4.78, 5) is 13.9. The molecule has 0 saturated carbocycles. The molecule has 1 aliphatic heterocycles. The van der Waals surface area contributed by atoms with Crippen molar-refractivity contribution in [3.8, 4) is 11.3 Å². The van der Waals surface area contributed by atoms with Gasteiger partial charge in [-0.3, -0.25) is 4.90 Å². The van der Waals surface area contributed by atoms with Gasteiger partial charge in [-0.2, -0.15) is 18.2 Å². The van der Waals surface area contributed by atoms with Gasteiger partial charge < -0.3 is 15.6 Å². The SMILES string of the molecule is CN1C[C@@H](Nc2nc(N)c3c(-c4ccc5ncn(CC(F)(F)F)c5n4)ccn3n2)C(F)(F)C1. The first-order valence-corrected chi connectivity index (χ1v) is 9.87. The largest absolute Gasteiger partial charge is 0.406 e. The van der Waals surface area contributed by atoms with Crippen LogP contribution in [0.25, 0.3) is 27.9 Å². The molecule has 14 heteroatoms. The van der Waals surface area contributed by atoms with E-state index in [1.165, 1.54) is 9.42 Å². The highest BCUT2D eigenvalue weighted by Gasteiger charge is 2.47. The lowest BCUT2D eigenvalue weighted by Crippen LogP contribution is -2.38. The minimum Gasteiger partial charge on any atom is -0.382 e. The first-order valence-electron chi connectivity index (χ1n) is 9.87. The number of likely N-dealkylation sites (tertiary alicyclic amines) is 1. The zero-order valence-electron chi connectivity index (χ0n) is 17.2. The van der Waals surface area contributed by atoms with Gasteiger partial charge in [0.25, 0.3) is 5.92 Å². The first-order chi connectivity index (χ1) is 15.5.